The van der Waals surface area contributed by atoms with Crippen molar-refractivity contribution >= 4 is 38.4 Å². The van der Waals surface area contributed by atoms with E-state index in [0.29, 0.717) is 5.69 Å². The van der Waals surface area contributed by atoms with Gasteiger partial charge >= 0.3 is 0 Å². The minimum absolute atomic E-state index is 0.177. The van der Waals surface area contributed by atoms with E-state index in [9.17, 15) is 9.18 Å². The number of aromatic nitrogens is 1. The first kappa shape index (κ1) is 13.8. The molecule has 0 unspecified atom stereocenters. The lowest BCUT2D eigenvalue weighted by Crippen LogP contribution is -2.18. The molecule has 106 valence electrons. The molecule has 0 saturated heterocycles. The van der Waals surface area contributed by atoms with E-state index in [-0.39, 0.29) is 18.3 Å². The highest BCUT2D eigenvalue weighted by Crippen LogP contribution is 2.21. The second-order valence-corrected chi connectivity index (χ2v) is 5.62. The Kier molecular flexibility index (Phi) is 3.75. The standard InChI is InChI=1S/C16H12BrFN2O/c17-12-5-4-11-6-7-20(15(11)8-12)10-16(21)19-14-3-1-2-13(18)9-14/h1-9H,10H2,(H,19,21). The van der Waals surface area contributed by atoms with Crippen LogP contribution in [-0.4, -0.2) is 10.5 Å². The molecule has 0 saturated carbocycles. The van der Waals surface area contributed by atoms with E-state index in [2.05, 4.69) is 21.2 Å². The van der Waals surface area contributed by atoms with Crippen molar-refractivity contribution in [2.45, 2.75) is 6.54 Å². The molecular weight excluding hydrogens is 335 g/mol. The number of amides is 1. The molecule has 0 aliphatic carbocycles. The lowest BCUT2D eigenvalue weighted by molar-refractivity contribution is -0.116. The smallest absolute Gasteiger partial charge is 0.244 e. The Hall–Kier alpha value is -2.14. The number of halogens is 2. The van der Waals surface area contributed by atoms with Crippen LogP contribution in [0.5, 0.6) is 0 Å². The quantitative estimate of drug-likeness (QED) is 0.758. The van der Waals surface area contributed by atoms with Crippen LogP contribution in [0, 0.1) is 5.82 Å². The zero-order valence-electron chi connectivity index (χ0n) is 11.0. The SMILES string of the molecule is O=C(Cn1ccc2ccc(Br)cc21)Nc1cccc(F)c1. The van der Waals surface area contributed by atoms with E-state index in [4.69, 9.17) is 0 Å². The minimum Gasteiger partial charge on any atom is -0.338 e. The second kappa shape index (κ2) is 5.69. The number of nitrogens with one attached hydrogen (secondary N) is 1. The van der Waals surface area contributed by atoms with Crippen molar-refractivity contribution in [2.75, 3.05) is 5.32 Å². The molecule has 0 aliphatic heterocycles. The average molecular weight is 347 g/mol. The maximum absolute atomic E-state index is 13.1. The van der Waals surface area contributed by atoms with Gasteiger partial charge in [0.15, 0.2) is 0 Å². The Morgan fingerprint density at radius 2 is 2.05 bits per heavy atom. The molecule has 21 heavy (non-hydrogen) atoms. The molecule has 3 rings (SSSR count). The summed E-state index contributed by atoms with van der Waals surface area (Å²) in [6.07, 6.45) is 1.86. The predicted octanol–water partition coefficient (Wildman–Crippen LogP) is 4.18. The van der Waals surface area contributed by atoms with Gasteiger partial charge in [-0.2, -0.15) is 0 Å². The highest BCUT2D eigenvalue weighted by atomic mass is 79.9. The van der Waals surface area contributed by atoms with Gasteiger partial charge in [0.2, 0.25) is 5.91 Å². The summed E-state index contributed by atoms with van der Waals surface area (Å²) in [6.45, 7) is 0.177. The van der Waals surface area contributed by atoms with Crippen molar-refractivity contribution in [3.63, 3.8) is 0 Å². The number of rotatable bonds is 3. The highest BCUT2D eigenvalue weighted by Gasteiger charge is 2.07. The molecule has 1 N–H and O–H groups in total. The number of hydrogen-bond acceptors (Lipinski definition) is 1. The van der Waals surface area contributed by atoms with Crippen LogP contribution in [0.4, 0.5) is 10.1 Å². The van der Waals surface area contributed by atoms with Gasteiger partial charge in [-0.25, -0.2) is 4.39 Å². The molecule has 0 aliphatic rings. The Labute approximate surface area is 129 Å². The van der Waals surface area contributed by atoms with E-state index in [1.165, 1.54) is 12.1 Å². The largest absolute Gasteiger partial charge is 0.338 e. The summed E-state index contributed by atoms with van der Waals surface area (Å²) in [4.78, 5) is 12.1. The van der Waals surface area contributed by atoms with Gasteiger partial charge in [0.1, 0.15) is 12.4 Å². The number of hydrogen-bond donors (Lipinski definition) is 1. The summed E-state index contributed by atoms with van der Waals surface area (Å²) in [5.41, 5.74) is 1.43. The molecule has 0 atom stereocenters. The predicted molar refractivity (Wildman–Crippen MR) is 84.7 cm³/mol. The third-order valence-electron chi connectivity index (χ3n) is 3.16. The van der Waals surface area contributed by atoms with Crippen molar-refractivity contribution in [3.05, 3.63) is 65.0 Å². The maximum atomic E-state index is 13.1. The van der Waals surface area contributed by atoms with Crippen molar-refractivity contribution in [3.8, 4) is 0 Å². The first-order valence-corrected chi connectivity index (χ1v) is 7.21. The number of nitrogens with zero attached hydrogens (tertiary/aromatic N) is 1. The minimum atomic E-state index is -0.372. The Morgan fingerprint density at radius 1 is 1.19 bits per heavy atom. The van der Waals surface area contributed by atoms with E-state index in [1.807, 2.05) is 35.0 Å². The molecular formula is C16H12BrFN2O. The lowest BCUT2D eigenvalue weighted by atomic mass is 10.2. The van der Waals surface area contributed by atoms with Gasteiger partial charge in [0, 0.05) is 21.9 Å². The van der Waals surface area contributed by atoms with Gasteiger partial charge in [-0.05, 0) is 41.8 Å². The summed E-state index contributed by atoms with van der Waals surface area (Å²) in [5, 5.41) is 3.76. The monoisotopic (exact) mass is 346 g/mol. The van der Waals surface area contributed by atoms with Crippen LogP contribution in [0.2, 0.25) is 0 Å². The van der Waals surface area contributed by atoms with E-state index in [0.717, 1.165) is 15.4 Å². The van der Waals surface area contributed by atoms with Gasteiger partial charge in [-0.1, -0.05) is 28.1 Å². The van der Waals surface area contributed by atoms with Crippen molar-refractivity contribution in [1.82, 2.24) is 4.57 Å². The number of anilines is 1. The van der Waals surface area contributed by atoms with Crippen LogP contribution >= 0.6 is 15.9 Å². The van der Waals surface area contributed by atoms with Crippen LogP contribution < -0.4 is 5.32 Å². The van der Waals surface area contributed by atoms with Gasteiger partial charge in [0.25, 0.3) is 0 Å². The van der Waals surface area contributed by atoms with E-state index >= 15 is 0 Å². The molecule has 1 aromatic heterocycles. The molecule has 0 fully saturated rings. The van der Waals surface area contributed by atoms with E-state index < -0.39 is 0 Å². The second-order valence-electron chi connectivity index (χ2n) is 4.71. The fourth-order valence-electron chi connectivity index (χ4n) is 2.22. The van der Waals surface area contributed by atoms with Gasteiger partial charge in [0.05, 0.1) is 0 Å². The molecule has 0 bridgehead atoms. The van der Waals surface area contributed by atoms with Gasteiger partial charge in [-0.15, -0.1) is 0 Å². The number of fused-ring (bicyclic) bond motifs is 1. The Bertz CT molecular complexity index is 813. The molecule has 3 aromatic rings. The van der Waals surface area contributed by atoms with Crippen LogP contribution in [0.1, 0.15) is 0 Å². The lowest BCUT2D eigenvalue weighted by Gasteiger charge is -2.07. The van der Waals surface area contributed by atoms with Crippen molar-refractivity contribution < 1.29 is 9.18 Å². The van der Waals surface area contributed by atoms with Gasteiger partial charge in [-0.3, -0.25) is 4.79 Å². The van der Waals surface area contributed by atoms with E-state index in [1.54, 1.807) is 12.1 Å². The summed E-state index contributed by atoms with van der Waals surface area (Å²) in [7, 11) is 0. The number of carbonyl (C=O) groups is 1. The maximum Gasteiger partial charge on any atom is 0.244 e. The topological polar surface area (TPSA) is 34.0 Å². The van der Waals surface area contributed by atoms with Crippen molar-refractivity contribution in [2.24, 2.45) is 0 Å². The third-order valence-corrected chi connectivity index (χ3v) is 3.65. The first-order chi connectivity index (χ1) is 10.1. The highest BCUT2D eigenvalue weighted by molar-refractivity contribution is 9.10. The fraction of sp³-hybridized carbons (Fsp3) is 0.0625. The first-order valence-electron chi connectivity index (χ1n) is 6.42. The summed E-state index contributed by atoms with van der Waals surface area (Å²) >= 11 is 3.42. The fourth-order valence-corrected chi connectivity index (χ4v) is 2.57. The van der Waals surface area contributed by atoms with Crippen LogP contribution in [-0.2, 0) is 11.3 Å². The third kappa shape index (κ3) is 3.13. The molecule has 5 heteroatoms. The zero-order valence-corrected chi connectivity index (χ0v) is 12.6. The average Bonchev–Trinajstić information content (AvgIpc) is 2.81. The van der Waals surface area contributed by atoms with Crippen LogP contribution in [0.3, 0.4) is 0 Å². The molecule has 1 amide bonds. The Morgan fingerprint density at radius 3 is 2.86 bits per heavy atom. The molecule has 1 heterocycles. The number of benzene rings is 2. The summed E-state index contributed by atoms with van der Waals surface area (Å²) in [5.74, 6) is -0.568. The van der Waals surface area contributed by atoms with Crippen molar-refractivity contribution in [1.29, 1.82) is 0 Å². The molecule has 2 aromatic carbocycles. The summed E-state index contributed by atoms with van der Waals surface area (Å²) < 4.78 is 15.9. The normalized spacial score (nSPS) is 10.8. The molecule has 0 radical (unpaired) electrons. The molecule has 3 nitrogen and oxygen atoms in total. The summed E-state index contributed by atoms with van der Waals surface area (Å²) in [6, 6.07) is 13.7. The van der Waals surface area contributed by atoms with Gasteiger partial charge < -0.3 is 9.88 Å². The van der Waals surface area contributed by atoms with Crippen LogP contribution in [0.15, 0.2) is 59.2 Å². The zero-order chi connectivity index (χ0) is 14.8. The molecule has 0 spiro atoms. The van der Waals surface area contributed by atoms with Crippen LogP contribution in [0.25, 0.3) is 10.9 Å². The Balaban J connectivity index is 1.79. The number of carbonyl (C=O) groups excluding carboxylic acids is 1.